The minimum Gasteiger partial charge on any atom is -0.508 e. The molecule has 1 aromatic heterocycles. The van der Waals surface area contributed by atoms with Crippen LogP contribution in [0.25, 0.3) is 0 Å². The number of rotatable bonds is 2. The van der Waals surface area contributed by atoms with E-state index in [9.17, 15) is 9.90 Å². The molecule has 82 valence electrons. The summed E-state index contributed by atoms with van der Waals surface area (Å²) < 4.78 is 4.59. The molecule has 0 saturated carbocycles. The van der Waals surface area contributed by atoms with Crippen molar-refractivity contribution in [3.05, 3.63) is 41.8 Å². The Hall–Kier alpha value is -2.30. The minimum atomic E-state index is -0.309. The van der Waals surface area contributed by atoms with Crippen molar-refractivity contribution < 1.29 is 14.4 Å². The Morgan fingerprint density at radius 3 is 3.00 bits per heavy atom. The minimum absolute atomic E-state index is 0.0953. The molecule has 0 aliphatic heterocycles. The van der Waals surface area contributed by atoms with E-state index in [4.69, 9.17) is 0 Å². The maximum atomic E-state index is 11.8. The average Bonchev–Trinajstić information content (AvgIpc) is 2.74. The van der Waals surface area contributed by atoms with E-state index in [1.807, 2.05) is 0 Å². The first-order chi connectivity index (χ1) is 7.68. The number of benzene rings is 1. The van der Waals surface area contributed by atoms with Gasteiger partial charge in [0.2, 0.25) is 0 Å². The monoisotopic (exact) mass is 218 g/mol. The van der Waals surface area contributed by atoms with Crippen LogP contribution in [0.1, 0.15) is 15.9 Å². The SMILES string of the molecule is Cc1c(O)cccc1C(=O)Nc1cnoc1. The third-order valence-electron chi connectivity index (χ3n) is 2.24. The molecule has 0 aliphatic rings. The first-order valence-corrected chi connectivity index (χ1v) is 4.68. The first kappa shape index (κ1) is 10.2. The lowest BCUT2D eigenvalue weighted by Crippen LogP contribution is -2.12. The Morgan fingerprint density at radius 1 is 1.50 bits per heavy atom. The van der Waals surface area contributed by atoms with Crippen molar-refractivity contribution in [2.24, 2.45) is 0 Å². The number of carbonyl (C=O) groups excluding carboxylic acids is 1. The van der Waals surface area contributed by atoms with Gasteiger partial charge >= 0.3 is 0 Å². The van der Waals surface area contributed by atoms with E-state index in [0.29, 0.717) is 16.8 Å². The van der Waals surface area contributed by atoms with Crippen LogP contribution in [0.4, 0.5) is 5.69 Å². The summed E-state index contributed by atoms with van der Waals surface area (Å²) in [6.45, 7) is 1.68. The molecule has 2 N–H and O–H groups in total. The molecule has 0 bridgehead atoms. The number of hydrogen-bond donors (Lipinski definition) is 2. The van der Waals surface area contributed by atoms with Crippen LogP contribution in [0.3, 0.4) is 0 Å². The number of amides is 1. The van der Waals surface area contributed by atoms with Gasteiger partial charge in [0.25, 0.3) is 5.91 Å². The van der Waals surface area contributed by atoms with Gasteiger partial charge in [-0.3, -0.25) is 4.79 Å². The lowest BCUT2D eigenvalue weighted by atomic mass is 10.1. The summed E-state index contributed by atoms with van der Waals surface area (Å²) in [5, 5.41) is 15.5. The van der Waals surface area contributed by atoms with Gasteiger partial charge in [0.05, 0.1) is 6.20 Å². The van der Waals surface area contributed by atoms with Gasteiger partial charge in [-0.25, -0.2) is 0 Å². The smallest absolute Gasteiger partial charge is 0.256 e. The Kier molecular flexibility index (Phi) is 2.59. The van der Waals surface area contributed by atoms with Gasteiger partial charge in [0.1, 0.15) is 17.7 Å². The molecule has 0 aliphatic carbocycles. The number of nitrogens with zero attached hydrogens (tertiary/aromatic N) is 1. The molecule has 5 heteroatoms. The summed E-state index contributed by atoms with van der Waals surface area (Å²) in [6.07, 6.45) is 2.73. The number of aromatic hydroxyl groups is 1. The van der Waals surface area contributed by atoms with Gasteiger partial charge in [-0.05, 0) is 19.1 Å². The van der Waals surface area contributed by atoms with Gasteiger partial charge in [0, 0.05) is 11.1 Å². The number of phenolic OH excluding ortho intramolecular Hbond substituents is 1. The maximum absolute atomic E-state index is 11.8. The molecule has 0 radical (unpaired) electrons. The molecule has 2 aromatic rings. The number of carbonyl (C=O) groups is 1. The van der Waals surface area contributed by atoms with Gasteiger partial charge in [-0.15, -0.1) is 0 Å². The normalized spacial score (nSPS) is 10.1. The highest BCUT2D eigenvalue weighted by Crippen LogP contribution is 2.20. The van der Waals surface area contributed by atoms with E-state index >= 15 is 0 Å². The van der Waals surface area contributed by atoms with Gasteiger partial charge < -0.3 is 14.9 Å². The predicted octanol–water partition coefficient (Wildman–Crippen LogP) is 1.94. The summed E-state index contributed by atoms with van der Waals surface area (Å²) in [5.41, 5.74) is 1.44. The van der Waals surface area contributed by atoms with Crippen molar-refractivity contribution >= 4 is 11.6 Å². The first-order valence-electron chi connectivity index (χ1n) is 4.68. The van der Waals surface area contributed by atoms with Gasteiger partial charge in [-0.2, -0.15) is 0 Å². The second-order valence-corrected chi connectivity index (χ2v) is 3.32. The lowest BCUT2D eigenvalue weighted by molar-refractivity contribution is 0.102. The molecule has 0 unspecified atom stereocenters. The molecular weight excluding hydrogens is 208 g/mol. The fraction of sp³-hybridized carbons (Fsp3) is 0.0909. The number of hydrogen-bond acceptors (Lipinski definition) is 4. The molecule has 0 saturated heterocycles. The van der Waals surface area contributed by atoms with Crippen LogP contribution in [-0.4, -0.2) is 16.2 Å². The molecule has 5 nitrogen and oxygen atoms in total. The molecule has 1 heterocycles. The van der Waals surface area contributed by atoms with Crippen LogP contribution in [0.2, 0.25) is 0 Å². The van der Waals surface area contributed by atoms with Crippen LogP contribution < -0.4 is 5.32 Å². The second-order valence-electron chi connectivity index (χ2n) is 3.32. The fourth-order valence-corrected chi connectivity index (χ4v) is 1.33. The summed E-state index contributed by atoms with van der Waals surface area (Å²) in [7, 11) is 0. The van der Waals surface area contributed by atoms with Crippen LogP contribution in [0.5, 0.6) is 5.75 Å². The van der Waals surface area contributed by atoms with Crippen molar-refractivity contribution in [3.8, 4) is 5.75 Å². The standard InChI is InChI=1S/C11H10N2O3/c1-7-9(3-2-4-10(7)14)11(15)13-8-5-12-16-6-8/h2-6,14H,1H3,(H,13,15). The maximum Gasteiger partial charge on any atom is 0.256 e. The Morgan fingerprint density at radius 2 is 2.31 bits per heavy atom. The fourth-order valence-electron chi connectivity index (χ4n) is 1.33. The second kappa shape index (κ2) is 4.06. The van der Waals surface area contributed by atoms with Crippen LogP contribution >= 0.6 is 0 Å². The Labute approximate surface area is 91.7 Å². The molecule has 1 aromatic carbocycles. The van der Waals surface area contributed by atoms with E-state index < -0.39 is 0 Å². The van der Waals surface area contributed by atoms with E-state index in [1.54, 1.807) is 19.1 Å². The summed E-state index contributed by atoms with van der Waals surface area (Å²) in [4.78, 5) is 11.8. The quantitative estimate of drug-likeness (QED) is 0.807. The largest absolute Gasteiger partial charge is 0.508 e. The number of nitrogens with one attached hydrogen (secondary N) is 1. The zero-order valence-electron chi connectivity index (χ0n) is 8.60. The molecule has 0 spiro atoms. The van der Waals surface area contributed by atoms with E-state index in [-0.39, 0.29) is 11.7 Å². The van der Waals surface area contributed by atoms with Crippen molar-refractivity contribution in [2.45, 2.75) is 6.92 Å². The zero-order chi connectivity index (χ0) is 11.5. The molecular formula is C11H10N2O3. The molecule has 1 amide bonds. The van der Waals surface area contributed by atoms with Crippen molar-refractivity contribution in [2.75, 3.05) is 5.32 Å². The summed E-state index contributed by atoms with van der Waals surface area (Å²) >= 11 is 0. The van der Waals surface area contributed by atoms with Crippen molar-refractivity contribution in [1.29, 1.82) is 0 Å². The van der Waals surface area contributed by atoms with Crippen molar-refractivity contribution in [1.82, 2.24) is 5.16 Å². The summed E-state index contributed by atoms with van der Waals surface area (Å²) in [6, 6.07) is 4.79. The molecule has 16 heavy (non-hydrogen) atoms. The van der Waals surface area contributed by atoms with Crippen molar-refractivity contribution in [3.63, 3.8) is 0 Å². The topological polar surface area (TPSA) is 75.4 Å². The molecule has 0 fully saturated rings. The number of aromatic nitrogens is 1. The highest BCUT2D eigenvalue weighted by Gasteiger charge is 2.11. The van der Waals surface area contributed by atoms with Crippen LogP contribution in [0.15, 0.2) is 35.2 Å². The van der Waals surface area contributed by atoms with Gasteiger partial charge in [0.15, 0.2) is 0 Å². The van der Waals surface area contributed by atoms with E-state index in [1.165, 1.54) is 18.5 Å². The average molecular weight is 218 g/mol. The number of anilines is 1. The Balaban J connectivity index is 2.24. The van der Waals surface area contributed by atoms with Crippen LogP contribution in [-0.2, 0) is 0 Å². The third-order valence-corrected chi connectivity index (χ3v) is 2.24. The summed E-state index contributed by atoms with van der Waals surface area (Å²) in [5.74, 6) is -0.213. The molecule has 0 atom stereocenters. The van der Waals surface area contributed by atoms with E-state index in [2.05, 4.69) is 15.0 Å². The van der Waals surface area contributed by atoms with Crippen LogP contribution in [0, 0.1) is 6.92 Å². The molecule has 2 rings (SSSR count). The zero-order valence-corrected chi connectivity index (χ0v) is 8.60. The predicted molar refractivity (Wildman–Crippen MR) is 57.3 cm³/mol. The highest BCUT2D eigenvalue weighted by atomic mass is 16.5. The van der Waals surface area contributed by atoms with Gasteiger partial charge in [-0.1, -0.05) is 11.2 Å². The lowest BCUT2D eigenvalue weighted by Gasteiger charge is -2.06. The Bertz CT molecular complexity index is 506. The van der Waals surface area contributed by atoms with E-state index in [0.717, 1.165) is 0 Å². The third kappa shape index (κ3) is 1.88. The highest BCUT2D eigenvalue weighted by molar-refractivity contribution is 6.05. The number of phenols is 1.